The summed E-state index contributed by atoms with van der Waals surface area (Å²) in [5, 5.41) is 0. The van der Waals surface area contributed by atoms with E-state index in [0.717, 1.165) is 12.8 Å². The molecular formula is C8H13Cl. The van der Waals surface area contributed by atoms with Crippen molar-refractivity contribution in [3.63, 3.8) is 0 Å². The minimum atomic E-state index is 0.597. The van der Waals surface area contributed by atoms with Crippen LogP contribution < -0.4 is 0 Å². The Bertz CT molecular complexity index is 94.7. The highest BCUT2D eigenvalue weighted by atomic mass is 35.5. The molecule has 0 aliphatic rings. The molecule has 0 bridgehead atoms. The molecule has 0 amide bonds. The van der Waals surface area contributed by atoms with Crippen LogP contribution >= 0.6 is 11.6 Å². The Morgan fingerprint density at radius 2 is 2.33 bits per heavy atom. The first kappa shape index (κ1) is 8.77. The predicted octanol–water partition coefficient (Wildman–Crippen LogP) is 3.34. The van der Waals surface area contributed by atoms with Crippen LogP contribution in [0.15, 0.2) is 24.3 Å². The lowest BCUT2D eigenvalue weighted by atomic mass is 10.0. The highest BCUT2D eigenvalue weighted by Crippen LogP contribution is 2.09. The fraction of sp³-hybridized carbons (Fsp3) is 0.500. The lowest BCUT2D eigenvalue weighted by Gasteiger charge is -2.02. The zero-order chi connectivity index (χ0) is 7.11. The number of hydrogen-bond acceptors (Lipinski definition) is 0. The summed E-state index contributed by atoms with van der Waals surface area (Å²) in [6, 6.07) is 0. The first-order valence-electron chi connectivity index (χ1n) is 3.22. The smallest absolute Gasteiger partial charge is 0.000267 e. The number of hydrogen-bond donors (Lipinski definition) is 0. The highest BCUT2D eigenvalue weighted by Gasteiger charge is 1.94. The van der Waals surface area contributed by atoms with Gasteiger partial charge in [0.05, 0.1) is 0 Å². The summed E-state index contributed by atoms with van der Waals surface area (Å²) in [5.41, 5.74) is 1.56. The quantitative estimate of drug-likeness (QED) is 0.531. The van der Waals surface area contributed by atoms with E-state index >= 15 is 0 Å². The first-order valence-corrected chi connectivity index (χ1v) is 3.66. The van der Waals surface area contributed by atoms with Crippen molar-refractivity contribution < 1.29 is 0 Å². The fourth-order valence-electron chi connectivity index (χ4n) is 0.656. The highest BCUT2D eigenvalue weighted by molar-refractivity contribution is 6.25. The Morgan fingerprint density at radius 3 is 2.67 bits per heavy atom. The van der Waals surface area contributed by atoms with Crippen LogP contribution in [0.25, 0.3) is 0 Å². The average Bonchev–Trinajstić information content (AvgIpc) is 1.91. The molecule has 0 nitrogen and oxygen atoms in total. The normalized spacial score (nSPS) is 14.0. The monoisotopic (exact) mass is 144 g/mol. The Balaban J connectivity index is 3.42. The summed E-state index contributed by atoms with van der Waals surface area (Å²) in [7, 11) is 0. The van der Waals surface area contributed by atoms with Crippen molar-refractivity contribution in [2.75, 3.05) is 0 Å². The zero-order valence-electron chi connectivity index (χ0n) is 5.81. The van der Waals surface area contributed by atoms with Crippen molar-refractivity contribution in [2.45, 2.75) is 19.8 Å². The third-order valence-electron chi connectivity index (χ3n) is 1.39. The van der Waals surface area contributed by atoms with Gasteiger partial charge in [0, 0.05) is 5.54 Å². The maximum absolute atomic E-state index is 5.34. The van der Waals surface area contributed by atoms with E-state index in [1.807, 2.05) is 12.2 Å². The molecule has 0 fully saturated rings. The van der Waals surface area contributed by atoms with Crippen LogP contribution in [0.5, 0.6) is 0 Å². The van der Waals surface area contributed by atoms with Gasteiger partial charge in [0.25, 0.3) is 0 Å². The third-order valence-corrected chi connectivity index (χ3v) is 1.56. The molecule has 0 saturated carbocycles. The SMILES string of the molecule is C=CC(CC)CC=CCl. The number of allylic oxidation sites excluding steroid dienone is 2. The second kappa shape index (κ2) is 5.90. The molecule has 0 rings (SSSR count). The van der Waals surface area contributed by atoms with Crippen molar-refractivity contribution in [2.24, 2.45) is 5.92 Å². The minimum absolute atomic E-state index is 0.597. The Labute approximate surface area is 62.2 Å². The molecule has 0 aliphatic heterocycles. The van der Waals surface area contributed by atoms with Crippen LogP contribution in [-0.4, -0.2) is 0 Å². The third kappa shape index (κ3) is 4.28. The van der Waals surface area contributed by atoms with Crippen LogP contribution in [0.1, 0.15) is 19.8 Å². The molecule has 0 aromatic heterocycles. The van der Waals surface area contributed by atoms with Crippen molar-refractivity contribution >= 4 is 11.6 Å². The van der Waals surface area contributed by atoms with Gasteiger partial charge in [0.15, 0.2) is 0 Å². The summed E-state index contributed by atoms with van der Waals surface area (Å²) in [6.45, 7) is 5.86. The van der Waals surface area contributed by atoms with Crippen molar-refractivity contribution in [3.8, 4) is 0 Å². The van der Waals surface area contributed by atoms with E-state index in [1.165, 1.54) is 0 Å². The van der Waals surface area contributed by atoms with Gasteiger partial charge in [-0.2, -0.15) is 0 Å². The summed E-state index contributed by atoms with van der Waals surface area (Å²) >= 11 is 5.34. The molecule has 0 heterocycles. The van der Waals surface area contributed by atoms with Crippen molar-refractivity contribution in [1.82, 2.24) is 0 Å². The van der Waals surface area contributed by atoms with Crippen LogP contribution in [0, 0.1) is 5.92 Å². The van der Waals surface area contributed by atoms with Gasteiger partial charge in [0.2, 0.25) is 0 Å². The molecule has 1 unspecified atom stereocenters. The van der Waals surface area contributed by atoms with E-state index in [-0.39, 0.29) is 0 Å². The van der Waals surface area contributed by atoms with Gasteiger partial charge in [-0.25, -0.2) is 0 Å². The maximum Gasteiger partial charge on any atom is 0.000267 e. The Morgan fingerprint density at radius 1 is 1.67 bits per heavy atom. The van der Waals surface area contributed by atoms with Gasteiger partial charge in [-0.1, -0.05) is 30.7 Å². The Kier molecular flexibility index (Phi) is 5.75. The van der Waals surface area contributed by atoms with E-state index in [2.05, 4.69) is 13.5 Å². The number of rotatable bonds is 4. The van der Waals surface area contributed by atoms with Crippen LogP contribution in [0.3, 0.4) is 0 Å². The molecule has 0 aromatic rings. The second-order valence-electron chi connectivity index (χ2n) is 2.00. The predicted molar refractivity (Wildman–Crippen MR) is 43.6 cm³/mol. The van der Waals surface area contributed by atoms with Gasteiger partial charge in [0.1, 0.15) is 0 Å². The molecule has 1 atom stereocenters. The summed E-state index contributed by atoms with van der Waals surface area (Å²) in [5.74, 6) is 0.597. The van der Waals surface area contributed by atoms with Crippen molar-refractivity contribution in [3.05, 3.63) is 24.3 Å². The van der Waals surface area contributed by atoms with Gasteiger partial charge in [-0.3, -0.25) is 0 Å². The standard InChI is InChI=1S/C8H13Cl/c1-3-8(4-2)6-5-7-9/h3,5,7-8H,1,4,6H2,2H3. The van der Waals surface area contributed by atoms with E-state index in [4.69, 9.17) is 11.6 Å². The average molecular weight is 145 g/mol. The lowest BCUT2D eigenvalue weighted by Crippen LogP contribution is -1.89. The van der Waals surface area contributed by atoms with Crippen LogP contribution in [-0.2, 0) is 0 Å². The second-order valence-corrected chi connectivity index (χ2v) is 2.25. The van der Waals surface area contributed by atoms with Gasteiger partial charge in [-0.15, -0.1) is 6.58 Å². The molecule has 9 heavy (non-hydrogen) atoms. The lowest BCUT2D eigenvalue weighted by molar-refractivity contribution is 0.640. The zero-order valence-corrected chi connectivity index (χ0v) is 6.56. The Hall–Kier alpha value is -0.230. The summed E-state index contributed by atoms with van der Waals surface area (Å²) in [6.07, 6.45) is 6.09. The first-order chi connectivity index (χ1) is 4.35. The van der Waals surface area contributed by atoms with E-state index in [1.54, 1.807) is 5.54 Å². The molecule has 52 valence electrons. The van der Waals surface area contributed by atoms with Crippen LogP contribution in [0.4, 0.5) is 0 Å². The van der Waals surface area contributed by atoms with Gasteiger partial charge in [-0.05, 0) is 18.8 Å². The molecule has 0 aliphatic carbocycles. The summed E-state index contributed by atoms with van der Waals surface area (Å²) in [4.78, 5) is 0. The van der Waals surface area contributed by atoms with E-state index in [9.17, 15) is 0 Å². The molecular weight excluding hydrogens is 132 g/mol. The fourth-order valence-corrected chi connectivity index (χ4v) is 0.759. The molecule has 0 N–H and O–H groups in total. The molecule has 1 heteroatoms. The van der Waals surface area contributed by atoms with Crippen molar-refractivity contribution in [1.29, 1.82) is 0 Å². The number of halogens is 1. The minimum Gasteiger partial charge on any atom is -0.103 e. The van der Waals surface area contributed by atoms with E-state index in [0.29, 0.717) is 5.92 Å². The van der Waals surface area contributed by atoms with Crippen LogP contribution in [0.2, 0.25) is 0 Å². The maximum atomic E-state index is 5.34. The molecule has 0 saturated heterocycles. The van der Waals surface area contributed by atoms with Gasteiger partial charge < -0.3 is 0 Å². The largest absolute Gasteiger partial charge is 0.103 e. The molecule has 0 aromatic carbocycles. The summed E-state index contributed by atoms with van der Waals surface area (Å²) < 4.78 is 0. The molecule has 0 spiro atoms. The van der Waals surface area contributed by atoms with E-state index < -0.39 is 0 Å². The topological polar surface area (TPSA) is 0 Å². The molecule has 0 radical (unpaired) electrons. The van der Waals surface area contributed by atoms with Gasteiger partial charge >= 0.3 is 0 Å².